The van der Waals surface area contributed by atoms with Crippen LogP contribution < -0.4 is 0 Å². The first kappa shape index (κ1) is 18.6. The summed E-state index contributed by atoms with van der Waals surface area (Å²) in [6.07, 6.45) is 14.1. The zero-order chi connectivity index (χ0) is 17.9. The highest BCUT2D eigenvalue weighted by atomic mass is 15.1. The number of hydrogen-bond donors (Lipinski definition) is 0. The van der Waals surface area contributed by atoms with Crippen molar-refractivity contribution in [3.05, 3.63) is 71.7 Å². The third-order valence-corrected chi connectivity index (χ3v) is 5.38. The largest absolute Gasteiger partial charge is 0.318 e. The van der Waals surface area contributed by atoms with Gasteiger partial charge in [0.2, 0.25) is 0 Å². The molecular weight excluding hydrogens is 289 g/mol. The lowest BCUT2D eigenvalue weighted by Gasteiger charge is -2.33. The molecule has 0 saturated heterocycles. The third kappa shape index (κ3) is 4.04. The number of rotatable bonds is 7. The van der Waals surface area contributed by atoms with Gasteiger partial charge in [-0.05, 0) is 35.5 Å². The van der Waals surface area contributed by atoms with Gasteiger partial charge in [0, 0.05) is 23.2 Å². The second-order valence-corrected chi connectivity index (χ2v) is 7.86. The van der Waals surface area contributed by atoms with Crippen molar-refractivity contribution in [1.82, 2.24) is 4.90 Å². The molecule has 0 aromatic rings. The van der Waals surface area contributed by atoms with Gasteiger partial charge in [0.05, 0.1) is 0 Å². The Balaban J connectivity index is 2.13. The standard InChI is InChI=1S/C22H31BN/c1-8-9-17(4)21-13-12-20-11-10-19(14-24(20)18(21)5)23-15-22(6,7)16(2)3/h10-14,16H,4-5,8-9,15H2,1-3,6-7H3. The summed E-state index contributed by atoms with van der Waals surface area (Å²) in [7, 11) is 2.35. The minimum atomic E-state index is 0.310. The van der Waals surface area contributed by atoms with Crippen molar-refractivity contribution < 1.29 is 0 Å². The highest BCUT2D eigenvalue weighted by Crippen LogP contribution is 2.35. The van der Waals surface area contributed by atoms with E-state index in [9.17, 15) is 0 Å². The molecule has 0 bridgehead atoms. The summed E-state index contributed by atoms with van der Waals surface area (Å²) in [5, 5.41) is 0. The van der Waals surface area contributed by atoms with E-state index in [0.717, 1.165) is 24.9 Å². The fourth-order valence-electron chi connectivity index (χ4n) is 2.79. The summed E-state index contributed by atoms with van der Waals surface area (Å²) in [4.78, 5) is 2.20. The maximum Gasteiger partial charge on any atom is 0.154 e. The molecule has 2 aliphatic rings. The molecule has 24 heavy (non-hydrogen) atoms. The molecule has 0 unspecified atom stereocenters. The normalized spacial score (nSPS) is 17.3. The summed E-state index contributed by atoms with van der Waals surface area (Å²) in [5.41, 5.74) is 6.12. The van der Waals surface area contributed by atoms with Crippen LogP contribution in [0, 0.1) is 11.3 Å². The van der Waals surface area contributed by atoms with Crippen LogP contribution in [0.5, 0.6) is 0 Å². The van der Waals surface area contributed by atoms with Gasteiger partial charge in [-0.2, -0.15) is 0 Å². The number of fused-ring (bicyclic) bond motifs is 1. The third-order valence-electron chi connectivity index (χ3n) is 5.38. The molecule has 0 aromatic carbocycles. The molecule has 0 saturated carbocycles. The van der Waals surface area contributed by atoms with Gasteiger partial charge in [-0.15, -0.1) is 0 Å². The first-order valence-electron chi connectivity index (χ1n) is 9.08. The minimum absolute atomic E-state index is 0.310. The quantitative estimate of drug-likeness (QED) is 0.505. The maximum atomic E-state index is 4.32. The van der Waals surface area contributed by atoms with Crippen molar-refractivity contribution in [1.29, 1.82) is 0 Å². The molecule has 2 heteroatoms. The number of hydrogen-bond acceptors (Lipinski definition) is 1. The smallest absolute Gasteiger partial charge is 0.154 e. The van der Waals surface area contributed by atoms with Crippen LogP contribution in [0.3, 0.4) is 0 Å². The van der Waals surface area contributed by atoms with Crippen molar-refractivity contribution in [3.63, 3.8) is 0 Å². The van der Waals surface area contributed by atoms with Gasteiger partial charge in [-0.3, -0.25) is 0 Å². The van der Waals surface area contributed by atoms with Gasteiger partial charge >= 0.3 is 0 Å². The Labute approximate surface area is 149 Å². The SMILES string of the molecule is C=C(CCC)C1=CC=C2C=CC([B]CC(C)(C)C(C)C)=CN2C1=C. The lowest BCUT2D eigenvalue weighted by Crippen LogP contribution is -2.25. The molecule has 2 rings (SSSR count). The molecule has 0 amide bonds. The molecule has 2 aliphatic heterocycles. The molecule has 0 fully saturated rings. The van der Waals surface area contributed by atoms with E-state index >= 15 is 0 Å². The van der Waals surface area contributed by atoms with Crippen molar-refractivity contribution >= 4 is 7.28 Å². The Morgan fingerprint density at radius 3 is 2.58 bits per heavy atom. The summed E-state index contributed by atoms with van der Waals surface area (Å²) < 4.78 is 0. The zero-order valence-corrected chi connectivity index (χ0v) is 16.0. The van der Waals surface area contributed by atoms with Crippen LogP contribution in [-0.2, 0) is 0 Å². The summed E-state index contributed by atoms with van der Waals surface area (Å²) in [6.45, 7) is 20.0. The molecule has 0 N–H and O–H groups in total. The Morgan fingerprint density at radius 1 is 1.25 bits per heavy atom. The molecule has 1 nitrogen and oxygen atoms in total. The highest BCUT2D eigenvalue weighted by molar-refractivity contribution is 6.46. The van der Waals surface area contributed by atoms with Gasteiger partial charge in [0.1, 0.15) is 0 Å². The number of nitrogens with zero attached hydrogens (tertiary/aromatic N) is 1. The van der Waals surface area contributed by atoms with E-state index in [1.165, 1.54) is 22.3 Å². The summed E-state index contributed by atoms with van der Waals surface area (Å²) >= 11 is 0. The van der Waals surface area contributed by atoms with Gasteiger partial charge in [0.25, 0.3) is 0 Å². The highest BCUT2D eigenvalue weighted by Gasteiger charge is 2.24. The van der Waals surface area contributed by atoms with Crippen LogP contribution >= 0.6 is 0 Å². The van der Waals surface area contributed by atoms with Gasteiger partial charge < -0.3 is 4.90 Å². The van der Waals surface area contributed by atoms with Gasteiger partial charge in [0.15, 0.2) is 7.28 Å². The van der Waals surface area contributed by atoms with E-state index < -0.39 is 0 Å². The second kappa shape index (κ2) is 7.46. The van der Waals surface area contributed by atoms with Gasteiger partial charge in [-0.25, -0.2) is 0 Å². The van der Waals surface area contributed by atoms with Crippen LogP contribution in [-0.4, -0.2) is 12.2 Å². The Hall–Kier alpha value is -1.70. The lowest BCUT2D eigenvalue weighted by atomic mass is 9.56. The predicted octanol–water partition coefficient (Wildman–Crippen LogP) is 6.20. The molecule has 0 spiro atoms. The minimum Gasteiger partial charge on any atom is -0.318 e. The molecular formula is C22H31BN. The van der Waals surface area contributed by atoms with E-state index in [1.54, 1.807) is 0 Å². The fraction of sp³-hybridized carbons (Fsp3) is 0.455. The average Bonchev–Trinajstić information content (AvgIpc) is 2.53. The molecule has 0 aromatic heterocycles. The van der Waals surface area contributed by atoms with E-state index in [1.807, 2.05) is 0 Å². The maximum absolute atomic E-state index is 4.32. The Kier molecular flexibility index (Phi) is 5.80. The molecule has 0 atom stereocenters. The zero-order valence-electron chi connectivity index (χ0n) is 16.0. The molecule has 1 radical (unpaired) electrons. The van der Waals surface area contributed by atoms with Crippen LogP contribution in [0.1, 0.15) is 47.5 Å². The summed E-state index contributed by atoms with van der Waals surface area (Å²) in [5.74, 6) is 0.661. The van der Waals surface area contributed by atoms with Crippen molar-refractivity contribution in [2.45, 2.75) is 53.8 Å². The summed E-state index contributed by atoms with van der Waals surface area (Å²) in [6, 6.07) is 0. The van der Waals surface area contributed by atoms with Crippen molar-refractivity contribution in [2.24, 2.45) is 11.3 Å². The first-order valence-corrected chi connectivity index (χ1v) is 9.08. The Bertz CT molecular complexity index is 641. The van der Waals surface area contributed by atoms with Gasteiger partial charge in [-0.1, -0.05) is 78.1 Å². The van der Waals surface area contributed by atoms with E-state index in [-0.39, 0.29) is 0 Å². The van der Waals surface area contributed by atoms with Crippen LogP contribution in [0.4, 0.5) is 0 Å². The van der Waals surface area contributed by atoms with Crippen LogP contribution in [0.25, 0.3) is 0 Å². The van der Waals surface area contributed by atoms with E-state index in [2.05, 4.69) is 90.5 Å². The van der Waals surface area contributed by atoms with E-state index in [4.69, 9.17) is 0 Å². The van der Waals surface area contributed by atoms with Crippen molar-refractivity contribution in [2.75, 3.05) is 0 Å². The fourth-order valence-corrected chi connectivity index (χ4v) is 2.79. The molecule has 2 heterocycles. The van der Waals surface area contributed by atoms with Crippen LogP contribution in [0.2, 0.25) is 6.32 Å². The average molecular weight is 320 g/mol. The topological polar surface area (TPSA) is 3.24 Å². The Morgan fingerprint density at radius 2 is 1.96 bits per heavy atom. The number of allylic oxidation sites excluding steroid dienone is 6. The predicted molar refractivity (Wildman–Crippen MR) is 108 cm³/mol. The van der Waals surface area contributed by atoms with Crippen molar-refractivity contribution in [3.8, 4) is 0 Å². The second-order valence-electron chi connectivity index (χ2n) is 7.86. The van der Waals surface area contributed by atoms with E-state index in [0.29, 0.717) is 11.3 Å². The molecule has 127 valence electrons. The monoisotopic (exact) mass is 320 g/mol. The molecule has 0 aliphatic carbocycles. The first-order chi connectivity index (χ1) is 11.3. The van der Waals surface area contributed by atoms with Crippen LogP contribution in [0.15, 0.2) is 71.7 Å². The lowest BCUT2D eigenvalue weighted by molar-refractivity contribution is 0.283.